The van der Waals surface area contributed by atoms with Gasteiger partial charge in [0.25, 0.3) is 0 Å². The molecule has 0 radical (unpaired) electrons. The van der Waals surface area contributed by atoms with E-state index < -0.39 is 18.3 Å². The summed E-state index contributed by atoms with van der Waals surface area (Å²) in [4.78, 5) is 4.04. The molecule has 1 rings (SSSR count). The van der Waals surface area contributed by atoms with Gasteiger partial charge in [0.2, 0.25) is 5.88 Å². The van der Waals surface area contributed by atoms with Crippen molar-refractivity contribution in [1.82, 2.24) is 4.98 Å². The van der Waals surface area contributed by atoms with E-state index >= 15 is 0 Å². The summed E-state index contributed by atoms with van der Waals surface area (Å²) in [6.07, 6.45) is 1.57. The van der Waals surface area contributed by atoms with Gasteiger partial charge in [0.1, 0.15) is 0 Å². The average Bonchev–Trinajstić information content (AvgIpc) is 2.26. The Morgan fingerprint density at radius 2 is 1.89 bits per heavy atom. The predicted molar refractivity (Wildman–Crippen MR) is 77.6 cm³/mol. The minimum Gasteiger partial charge on any atom is -0.481 e. The molecule has 2 N–H and O–H groups in total. The molecule has 0 bridgehead atoms. The molecule has 0 aliphatic rings. The fourth-order valence-electron chi connectivity index (χ4n) is 1.28. The lowest BCUT2D eigenvalue weighted by atomic mass is 9.77. The molecule has 1 heterocycles. The van der Waals surface area contributed by atoms with Gasteiger partial charge in [-0.1, -0.05) is 0 Å². The summed E-state index contributed by atoms with van der Waals surface area (Å²) in [6.45, 7) is 6.65. The molecule has 0 aromatic carbocycles. The lowest BCUT2D eigenvalue weighted by molar-refractivity contribution is -0.0983. The number of nitrogens with zero attached hydrogens (tertiary/aromatic N) is 1. The highest BCUT2D eigenvalue weighted by molar-refractivity contribution is 9.10. The summed E-state index contributed by atoms with van der Waals surface area (Å²) in [5, 5.41) is 20.2. The number of aliphatic hydroxyl groups is 1. The lowest BCUT2D eigenvalue weighted by Crippen LogP contribution is -2.53. The number of pyridine rings is 1. The average molecular weight is 332 g/mol. The summed E-state index contributed by atoms with van der Waals surface area (Å²) in [6, 6.07) is 1.66. The second-order valence-electron chi connectivity index (χ2n) is 5.29. The normalized spacial score (nSPS) is 12.4. The van der Waals surface area contributed by atoms with Crippen LogP contribution >= 0.6 is 15.9 Å². The molecule has 7 heteroatoms. The standard InChI is InChI=1S/C12H19BBrNO4/c1-11(2,16)12(3,4)19-13(17)9-6-8(14)7-15-10(9)18-5/h6-7,16-17H,1-5H3. The van der Waals surface area contributed by atoms with E-state index in [4.69, 9.17) is 9.39 Å². The topological polar surface area (TPSA) is 71.8 Å². The molecular formula is C12H19BBrNO4. The van der Waals surface area contributed by atoms with Crippen molar-refractivity contribution < 1.29 is 19.5 Å². The van der Waals surface area contributed by atoms with Crippen molar-refractivity contribution >= 4 is 28.5 Å². The zero-order chi connectivity index (χ0) is 14.8. The molecule has 0 spiro atoms. The van der Waals surface area contributed by atoms with Gasteiger partial charge in [-0.15, -0.1) is 0 Å². The second-order valence-corrected chi connectivity index (χ2v) is 6.21. The maximum atomic E-state index is 10.2. The Labute approximate surface area is 122 Å². The largest absolute Gasteiger partial charge is 0.497 e. The molecule has 1 aromatic heterocycles. The van der Waals surface area contributed by atoms with Crippen LogP contribution in [0.2, 0.25) is 0 Å². The Kier molecular flexibility index (Phi) is 5.00. The third-order valence-corrected chi connectivity index (χ3v) is 3.62. The molecule has 0 saturated heterocycles. The highest BCUT2D eigenvalue weighted by atomic mass is 79.9. The van der Waals surface area contributed by atoms with Gasteiger partial charge in [0.05, 0.1) is 18.3 Å². The van der Waals surface area contributed by atoms with Gasteiger partial charge in [-0.2, -0.15) is 0 Å². The quantitative estimate of drug-likeness (QED) is 0.791. The molecule has 0 atom stereocenters. The molecule has 1 aromatic rings. The predicted octanol–water partition coefficient (Wildman–Crippen LogP) is 1.11. The minimum absolute atomic E-state index is 0.280. The van der Waals surface area contributed by atoms with Crippen molar-refractivity contribution in [1.29, 1.82) is 0 Å². The molecule has 0 unspecified atom stereocenters. The maximum absolute atomic E-state index is 10.2. The Morgan fingerprint density at radius 1 is 1.32 bits per heavy atom. The number of hydrogen-bond donors (Lipinski definition) is 2. The van der Waals surface area contributed by atoms with Crippen LogP contribution in [0.25, 0.3) is 0 Å². The van der Waals surface area contributed by atoms with E-state index in [1.165, 1.54) is 7.11 Å². The van der Waals surface area contributed by atoms with Crippen LogP contribution < -0.4 is 10.2 Å². The van der Waals surface area contributed by atoms with Crippen molar-refractivity contribution in [3.05, 3.63) is 16.7 Å². The first-order valence-electron chi connectivity index (χ1n) is 5.86. The van der Waals surface area contributed by atoms with Crippen molar-refractivity contribution in [3.63, 3.8) is 0 Å². The highest BCUT2D eigenvalue weighted by Gasteiger charge is 2.40. The summed E-state index contributed by atoms with van der Waals surface area (Å²) < 4.78 is 11.3. The van der Waals surface area contributed by atoms with Gasteiger partial charge in [-0.3, -0.25) is 0 Å². The van der Waals surface area contributed by atoms with E-state index in [9.17, 15) is 10.1 Å². The fraction of sp³-hybridized carbons (Fsp3) is 0.583. The molecule has 0 amide bonds. The van der Waals surface area contributed by atoms with E-state index in [1.807, 2.05) is 0 Å². The Bertz CT molecular complexity index is 448. The van der Waals surface area contributed by atoms with Gasteiger partial charge >= 0.3 is 7.12 Å². The molecule has 0 aliphatic carbocycles. The molecule has 0 aliphatic heterocycles. The number of methoxy groups -OCH3 is 1. The first kappa shape index (κ1) is 16.4. The minimum atomic E-state index is -1.25. The monoisotopic (exact) mass is 331 g/mol. The summed E-state index contributed by atoms with van der Waals surface area (Å²) >= 11 is 3.28. The fourth-order valence-corrected chi connectivity index (χ4v) is 1.63. The van der Waals surface area contributed by atoms with E-state index in [2.05, 4.69) is 20.9 Å². The van der Waals surface area contributed by atoms with Gasteiger partial charge < -0.3 is 19.5 Å². The first-order valence-corrected chi connectivity index (χ1v) is 6.65. The van der Waals surface area contributed by atoms with Crippen LogP contribution in [0.3, 0.4) is 0 Å². The van der Waals surface area contributed by atoms with Gasteiger partial charge in [-0.05, 0) is 49.7 Å². The molecule has 5 nitrogen and oxygen atoms in total. The molecule has 106 valence electrons. The van der Waals surface area contributed by atoms with Gasteiger partial charge in [0, 0.05) is 16.1 Å². The molecular weight excluding hydrogens is 313 g/mol. The van der Waals surface area contributed by atoms with Crippen LogP contribution in [-0.2, 0) is 4.65 Å². The lowest BCUT2D eigenvalue weighted by Gasteiger charge is -2.38. The Hall–Kier alpha value is -0.625. The zero-order valence-corrected chi connectivity index (χ0v) is 13.4. The van der Waals surface area contributed by atoms with E-state index in [0.717, 1.165) is 0 Å². The molecule has 0 saturated carbocycles. The Balaban J connectivity index is 3.01. The van der Waals surface area contributed by atoms with Crippen LogP contribution in [0.5, 0.6) is 5.88 Å². The summed E-state index contributed by atoms with van der Waals surface area (Å²) in [7, 11) is 0.217. The molecule has 0 fully saturated rings. The Morgan fingerprint density at radius 3 is 2.37 bits per heavy atom. The van der Waals surface area contributed by atoms with Crippen LogP contribution in [0.1, 0.15) is 27.7 Å². The summed E-state index contributed by atoms with van der Waals surface area (Å²) in [5.41, 5.74) is -1.66. The highest BCUT2D eigenvalue weighted by Crippen LogP contribution is 2.26. The molecule has 19 heavy (non-hydrogen) atoms. The third-order valence-electron chi connectivity index (χ3n) is 3.18. The van der Waals surface area contributed by atoms with E-state index in [0.29, 0.717) is 9.94 Å². The van der Waals surface area contributed by atoms with Crippen LogP contribution in [0.4, 0.5) is 0 Å². The second kappa shape index (κ2) is 5.79. The van der Waals surface area contributed by atoms with E-state index in [1.54, 1.807) is 40.0 Å². The smallest absolute Gasteiger partial charge is 0.481 e. The van der Waals surface area contributed by atoms with Crippen molar-refractivity contribution in [2.75, 3.05) is 7.11 Å². The van der Waals surface area contributed by atoms with Crippen molar-refractivity contribution in [2.24, 2.45) is 0 Å². The van der Waals surface area contributed by atoms with E-state index in [-0.39, 0.29) is 5.88 Å². The zero-order valence-electron chi connectivity index (χ0n) is 11.8. The number of hydrogen-bond acceptors (Lipinski definition) is 5. The van der Waals surface area contributed by atoms with Crippen molar-refractivity contribution in [3.8, 4) is 5.88 Å². The van der Waals surface area contributed by atoms with Crippen LogP contribution in [0, 0.1) is 0 Å². The SMILES string of the molecule is COc1ncc(Br)cc1B(O)OC(C)(C)C(C)(C)O. The maximum Gasteiger partial charge on any atom is 0.497 e. The van der Waals surface area contributed by atoms with Crippen LogP contribution in [0.15, 0.2) is 16.7 Å². The van der Waals surface area contributed by atoms with Gasteiger partial charge in [0.15, 0.2) is 0 Å². The number of ether oxygens (including phenoxy) is 1. The van der Waals surface area contributed by atoms with Gasteiger partial charge in [-0.25, -0.2) is 4.98 Å². The summed E-state index contributed by atoms with van der Waals surface area (Å²) in [5.74, 6) is 0.280. The van der Waals surface area contributed by atoms with Crippen LogP contribution in [-0.4, -0.2) is 40.5 Å². The van der Waals surface area contributed by atoms with Crippen molar-refractivity contribution in [2.45, 2.75) is 38.9 Å². The third kappa shape index (κ3) is 3.92. The first-order chi connectivity index (χ1) is 8.58. The number of halogens is 1. The number of rotatable bonds is 5. The number of aromatic nitrogens is 1.